The standard InChI is InChI=1S/C21H24N2O5/c1-14-5-4-6-19(13-14)27-12-11-20(25)28-15(2)21(26)23-18-9-7-17(8-10-18)22-16(3)24/h4-10,13,15H,11-12H2,1-3H3,(H,22,24)(H,23,26)/t15-/m0/s1. The Labute approximate surface area is 164 Å². The van der Waals surface area contributed by atoms with Gasteiger partial charge in [-0.3, -0.25) is 14.4 Å². The molecule has 2 rings (SSSR count). The Morgan fingerprint density at radius 3 is 2.25 bits per heavy atom. The smallest absolute Gasteiger partial charge is 0.310 e. The molecule has 0 aliphatic heterocycles. The minimum Gasteiger partial charge on any atom is -0.493 e. The molecule has 148 valence electrons. The molecule has 0 heterocycles. The molecule has 0 aromatic heterocycles. The van der Waals surface area contributed by atoms with Crippen molar-refractivity contribution in [3.63, 3.8) is 0 Å². The van der Waals surface area contributed by atoms with Gasteiger partial charge in [-0.05, 0) is 55.8 Å². The summed E-state index contributed by atoms with van der Waals surface area (Å²) in [6.45, 7) is 5.04. The molecule has 0 aliphatic carbocycles. The van der Waals surface area contributed by atoms with Crippen molar-refractivity contribution in [1.82, 2.24) is 0 Å². The fraction of sp³-hybridized carbons (Fsp3) is 0.286. The number of hydrogen-bond donors (Lipinski definition) is 2. The first-order chi connectivity index (χ1) is 13.3. The highest BCUT2D eigenvalue weighted by molar-refractivity contribution is 5.95. The van der Waals surface area contributed by atoms with Crippen molar-refractivity contribution in [3.05, 3.63) is 54.1 Å². The minimum atomic E-state index is -0.943. The lowest BCUT2D eigenvalue weighted by Crippen LogP contribution is -2.30. The van der Waals surface area contributed by atoms with E-state index in [1.165, 1.54) is 13.8 Å². The second-order valence-electron chi connectivity index (χ2n) is 6.29. The zero-order chi connectivity index (χ0) is 20.5. The average molecular weight is 384 g/mol. The minimum absolute atomic E-state index is 0.0387. The van der Waals surface area contributed by atoms with E-state index in [1.54, 1.807) is 24.3 Å². The number of esters is 1. The van der Waals surface area contributed by atoms with Gasteiger partial charge in [0.25, 0.3) is 5.91 Å². The summed E-state index contributed by atoms with van der Waals surface area (Å²) in [5.41, 5.74) is 2.22. The van der Waals surface area contributed by atoms with Gasteiger partial charge in [0.15, 0.2) is 6.10 Å². The Bertz CT molecular complexity index is 833. The SMILES string of the molecule is CC(=O)Nc1ccc(NC(=O)[C@H](C)OC(=O)CCOc2cccc(C)c2)cc1. The molecule has 0 fully saturated rings. The largest absolute Gasteiger partial charge is 0.493 e. The van der Waals surface area contributed by atoms with Gasteiger partial charge in [-0.1, -0.05) is 12.1 Å². The van der Waals surface area contributed by atoms with Crippen molar-refractivity contribution in [3.8, 4) is 5.75 Å². The Morgan fingerprint density at radius 2 is 1.64 bits per heavy atom. The van der Waals surface area contributed by atoms with E-state index in [-0.39, 0.29) is 18.9 Å². The first kappa shape index (κ1) is 21.0. The summed E-state index contributed by atoms with van der Waals surface area (Å²) in [6, 6.07) is 14.1. The van der Waals surface area contributed by atoms with Crippen molar-refractivity contribution >= 4 is 29.2 Å². The molecule has 7 nitrogen and oxygen atoms in total. The maximum atomic E-state index is 12.2. The van der Waals surface area contributed by atoms with Crippen molar-refractivity contribution < 1.29 is 23.9 Å². The van der Waals surface area contributed by atoms with Crippen LogP contribution in [0, 0.1) is 6.92 Å². The van der Waals surface area contributed by atoms with Gasteiger partial charge in [0.1, 0.15) is 5.75 Å². The molecule has 7 heteroatoms. The van der Waals surface area contributed by atoms with Gasteiger partial charge >= 0.3 is 5.97 Å². The van der Waals surface area contributed by atoms with Gasteiger partial charge in [-0.25, -0.2) is 0 Å². The molecule has 2 amide bonds. The number of benzene rings is 2. The fourth-order valence-electron chi connectivity index (χ4n) is 2.35. The van der Waals surface area contributed by atoms with Crippen LogP contribution in [0.3, 0.4) is 0 Å². The second-order valence-corrected chi connectivity index (χ2v) is 6.29. The summed E-state index contributed by atoms with van der Waals surface area (Å²) in [5.74, 6) is -0.457. The fourth-order valence-corrected chi connectivity index (χ4v) is 2.35. The first-order valence-electron chi connectivity index (χ1n) is 8.91. The van der Waals surface area contributed by atoms with Gasteiger partial charge < -0.3 is 20.1 Å². The Hall–Kier alpha value is -3.35. The summed E-state index contributed by atoms with van der Waals surface area (Å²) >= 11 is 0. The number of aryl methyl sites for hydroxylation is 1. The van der Waals surface area contributed by atoms with E-state index in [0.29, 0.717) is 17.1 Å². The van der Waals surface area contributed by atoms with Gasteiger partial charge in [0.2, 0.25) is 5.91 Å². The average Bonchev–Trinajstić information content (AvgIpc) is 2.63. The highest BCUT2D eigenvalue weighted by atomic mass is 16.5. The van der Waals surface area contributed by atoms with Crippen LogP contribution in [0.5, 0.6) is 5.75 Å². The van der Waals surface area contributed by atoms with Crippen LogP contribution in [0.25, 0.3) is 0 Å². The number of ether oxygens (including phenoxy) is 2. The lowest BCUT2D eigenvalue weighted by atomic mass is 10.2. The quantitative estimate of drug-likeness (QED) is 0.681. The van der Waals surface area contributed by atoms with Crippen LogP contribution < -0.4 is 15.4 Å². The molecule has 0 aliphatic rings. The van der Waals surface area contributed by atoms with Gasteiger partial charge in [-0.2, -0.15) is 0 Å². The van der Waals surface area contributed by atoms with E-state index in [1.807, 2.05) is 31.2 Å². The number of amides is 2. The monoisotopic (exact) mass is 384 g/mol. The summed E-state index contributed by atoms with van der Waals surface area (Å²) in [5, 5.41) is 5.29. The predicted molar refractivity (Wildman–Crippen MR) is 106 cm³/mol. The van der Waals surface area contributed by atoms with Crippen LogP contribution in [0.2, 0.25) is 0 Å². The number of anilines is 2. The van der Waals surface area contributed by atoms with E-state index >= 15 is 0 Å². The molecule has 28 heavy (non-hydrogen) atoms. The van der Waals surface area contributed by atoms with Gasteiger partial charge in [0.05, 0.1) is 13.0 Å². The van der Waals surface area contributed by atoms with E-state index < -0.39 is 18.0 Å². The molecule has 0 saturated carbocycles. The summed E-state index contributed by atoms with van der Waals surface area (Å²) < 4.78 is 10.6. The number of carbonyl (C=O) groups excluding carboxylic acids is 3. The first-order valence-corrected chi connectivity index (χ1v) is 8.91. The normalized spacial score (nSPS) is 11.2. The Morgan fingerprint density at radius 1 is 1.00 bits per heavy atom. The molecular formula is C21H24N2O5. The lowest BCUT2D eigenvalue weighted by Gasteiger charge is -2.14. The summed E-state index contributed by atoms with van der Waals surface area (Å²) in [4.78, 5) is 35.0. The molecule has 0 bridgehead atoms. The third-order valence-electron chi connectivity index (χ3n) is 3.71. The molecule has 0 unspecified atom stereocenters. The lowest BCUT2D eigenvalue weighted by molar-refractivity contribution is -0.153. The topological polar surface area (TPSA) is 93.7 Å². The van der Waals surface area contributed by atoms with Crippen LogP contribution in [-0.2, 0) is 19.1 Å². The second kappa shape index (κ2) is 10.1. The zero-order valence-electron chi connectivity index (χ0n) is 16.2. The van der Waals surface area contributed by atoms with Crippen LogP contribution in [0.1, 0.15) is 25.8 Å². The Balaban J connectivity index is 1.74. The van der Waals surface area contributed by atoms with Crippen LogP contribution in [0.4, 0.5) is 11.4 Å². The maximum absolute atomic E-state index is 12.2. The van der Waals surface area contributed by atoms with Crippen molar-refractivity contribution in [2.75, 3.05) is 17.2 Å². The predicted octanol–water partition coefficient (Wildman–Crippen LogP) is 3.29. The van der Waals surface area contributed by atoms with E-state index in [9.17, 15) is 14.4 Å². The maximum Gasteiger partial charge on any atom is 0.310 e. The molecule has 0 saturated heterocycles. The van der Waals surface area contributed by atoms with Gasteiger partial charge in [-0.15, -0.1) is 0 Å². The molecule has 0 spiro atoms. The molecule has 1 atom stereocenters. The Kier molecular flexibility index (Phi) is 7.56. The summed E-state index contributed by atoms with van der Waals surface area (Å²) in [6.07, 6.45) is -0.904. The van der Waals surface area contributed by atoms with Crippen LogP contribution in [0.15, 0.2) is 48.5 Å². The van der Waals surface area contributed by atoms with E-state index in [0.717, 1.165) is 5.56 Å². The van der Waals surface area contributed by atoms with Crippen LogP contribution in [-0.4, -0.2) is 30.5 Å². The highest BCUT2D eigenvalue weighted by Gasteiger charge is 2.18. The third-order valence-corrected chi connectivity index (χ3v) is 3.71. The van der Waals surface area contributed by atoms with Crippen molar-refractivity contribution in [2.24, 2.45) is 0 Å². The molecule has 2 aromatic carbocycles. The number of nitrogens with one attached hydrogen (secondary N) is 2. The molecular weight excluding hydrogens is 360 g/mol. The number of rotatable bonds is 8. The number of carbonyl (C=O) groups is 3. The molecule has 2 N–H and O–H groups in total. The molecule has 0 radical (unpaired) electrons. The van der Waals surface area contributed by atoms with Gasteiger partial charge in [0, 0.05) is 18.3 Å². The highest BCUT2D eigenvalue weighted by Crippen LogP contribution is 2.15. The van der Waals surface area contributed by atoms with Crippen LogP contribution >= 0.6 is 0 Å². The van der Waals surface area contributed by atoms with Crippen molar-refractivity contribution in [1.29, 1.82) is 0 Å². The molecule has 2 aromatic rings. The zero-order valence-corrected chi connectivity index (χ0v) is 16.2. The third kappa shape index (κ3) is 7.11. The van der Waals surface area contributed by atoms with E-state index in [2.05, 4.69) is 10.6 Å². The van der Waals surface area contributed by atoms with E-state index in [4.69, 9.17) is 9.47 Å². The van der Waals surface area contributed by atoms with Crippen molar-refractivity contribution in [2.45, 2.75) is 33.3 Å². The summed E-state index contributed by atoms with van der Waals surface area (Å²) in [7, 11) is 0. The number of hydrogen-bond acceptors (Lipinski definition) is 5.